The summed E-state index contributed by atoms with van der Waals surface area (Å²) < 4.78 is 2.39. The number of hydrogen-bond acceptors (Lipinski definition) is 1. The Morgan fingerprint density at radius 3 is 1.49 bits per heavy atom. The molecule has 0 unspecified atom stereocenters. The molecular weight excluding hydrogens is 821 g/mol. The van der Waals surface area contributed by atoms with E-state index in [0.29, 0.717) is 0 Å². The van der Waals surface area contributed by atoms with Crippen molar-refractivity contribution in [3.05, 3.63) is 267 Å². The second kappa shape index (κ2) is 16.5. The monoisotopic (exact) mass is 864 g/mol. The number of para-hydroxylation sites is 2. The standard InChI is InChI=1S/C66H44N2/c1-4-19-48(20-5-1)64-58-28-13-12-27-56(58)57-43-38-50(44-60(57)65(64)49-21-6-2-7-22-49)45-34-39-52(40-35-45)67(61-32-16-23-46-18-10-11-26-54(46)61)53-41-36-47(37-42-53)55-30-17-33-63-66(55)59-29-14-15-31-62(59)68(63)51-24-8-3-9-25-51/h1-44H. The molecule has 0 aliphatic rings. The molecule has 12 aromatic carbocycles. The summed E-state index contributed by atoms with van der Waals surface area (Å²) in [7, 11) is 0. The topological polar surface area (TPSA) is 8.17 Å². The second-order valence-corrected chi connectivity index (χ2v) is 17.6. The number of aromatic nitrogens is 1. The highest BCUT2D eigenvalue weighted by atomic mass is 15.1. The minimum absolute atomic E-state index is 1.09. The van der Waals surface area contributed by atoms with Crippen LogP contribution in [-0.2, 0) is 0 Å². The third kappa shape index (κ3) is 6.57. The van der Waals surface area contributed by atoms with E-state index in [2.05, 4.69) is 276 Å². The number of nitrogens with zero attached hydrogens (tertiary/aromatic N) is 2. The lowest BCUT2D eigenvalue weighted by Crippen LogP contribution is -2.10. The van der Waals surface area contributed by atoms with Crippen LogP contribution in [0.15, 0.2) is 267 Å². The van der Waals surface area contributed by atoms with E-state index in [1.807, 2.05) is 0 Å². The molecule has 2 heteroatoms. The molecule has 1 aromatic heterocycles. The first kappa shape index (κ1) is 39.4. The first-order chi connectivity index (χ1) is 33.8. The summed E-state index contributed by atoms with van der Waals surface area (Å²) in [6.45, 7) is 0. The minimum atomic E-state index is 1.09. The van der Waals surface area contributed by atoms with E-state index in [-0.39, 0.29) is 0 Å². The zero-order chi connectivity index (χ0) is 45.0. The maximum atomic E-state index is 2.41. The molecule has 68 heavy (non-hydrogen) atoms. The lowest BCUT2D eigenvalue weighted by molar-refractivity contribution is 1.18. The van der Waals surface area contributed by atoms with Crippen LogP contribution in [0, 0.1) is 0 Å². The molecule has 0 atom stereocenters. The van der Waals surface area contributed by atoms with Crippen molar-refractivity contribution in [2.75, 3.05) is 4.90 Å². The zero-order valence-electron chi connectivity index (χ0n) is 37.3. The molecule has 0 spiro atoms. The molecule has 0 amide bonds. The lowest BCUT2D eigenvalue weighted by Gasteiger charge is -2.27. The van der Waals surface area contributed by atoms with Crippen molar-refractivity contribution in [2.24, 2.45) is 0 Å². The number of benzene rings is 12. The van der Waals surface area contributed by atoms with Gasteiger partial charge in [0.2, 0.25) is 0 Å². The fourth-order valence-electron chi connectivity index (χ4n) is 10.7. The van der Waals surface area contributed by atoms with Crippen molar-refractivity contribution in [1.29, 1.82) is 0 Å². The summed E-state index contributed by atoms with van der Waals surface area (Å²) >= 11 is 0. The Morgan fingerprint density at radius 2 is 0.779 bits per heavy atom. The summed E-state index contributed by atoms with van der Waals surface area (Å²) in [5.74, 6) is 0. The van der Waals surface area contributed by atoms with E-state index < -0.39 is 0 Å². The second-order valence-electron chi connectivity index (χ2n) is 17.6. The quantitative estimate of drug-likeness (QED) is 0.138. The molecule has 13 rings (SSSR count). The van der Waals surface area contributed by atoms with Gasteiger partial charge in [-0.2, -0.15) is 0 Å². The van der Waals surface area contributed by atoms with Gasteiger partial charge in [0.1, 0.15) is 0 Å². The van der Waals surface area contributed by atoms with E-state index in [0.717, 1.165) is 22.7 Å². The molecule has 0 aliphatic heterocycles. The average molecular weight is 865 g/mol. The van der Waals surface area contributed by atoms with Gasteiger partial charge in [-0.1, -0.05) is 206 Å². The zero-order valence-corrected chi connectivity index (χ0v) is 37.3. The Bertz CT molecular complexity index is 3980. The Balaban J connectivity index is 0.940. The molecule has 0 saturated carbocycles. The third-order valence-electron chi connectivity index (χ3n) is 13.8. The Kier molecular flexibility index (Phi) is 9.54. The summed E-state index contributed by atoms with van der Waals surface area (Å²) in [6, 6.07) is 97.4. The van der Waals surface area contributed by atoms with Crippen LogP contribution in [0.25, 0.3) is 104 Å². The van der Waals surface area contributed by atoms with Gasteiger partial charge in [-0.3, -0.25) is 0 Å². The van der Waals surface area contributed by atoms with Crippen LogP contribution in [0.5, 0.6) is 0 Å². The Hall–Kier alpha value is -8.98. The highest BCUT2D eigenvalue weighted by Gasteiger charge is 2.21. The summed E-state index contributed by atoms with van der Waals surface area (Å²) in [6.07, 6.45) is 0. The largest absolute Gasteiger partial charge is 0.310 e. The van der Waals surface area contributed by atoms with Gasteiger partial charge >= 0.3 is 0 Å². The number of anilines is 3. The average Bonchev–Trinajstić information content (AvgIpc) is 3.76. The summed E-state index contributed by atoms with van der Waals surface area (Å²) in [5.41, 5.74) is 16.6. The van der Waals surface area contributed by atoms with Crippen molar-refractivity contribution < 1.29 is 0 Å². The van der Waals surface area contributed by atoms with Gasteiger partial charge in [0.25, 0.3) is 0 Å². The molecule has 0 aliphatic carbocycles. The minimum Gasteiger partial charge on any atom is -0.310 e. The Labute approximate surface area is 395 Å². The molecule has 2 nitrogen and oxygen atoms in total. The molecule has 13 aromatic rings. The number of fused-ring (bicyclic) bond motifs is 7. The van der Waals surface area contributed by atoms with Gasteiger partial charge < -0.3 is 9.47 Å². The molecule has 318 valence electrons. The van der Waals surface area contributed by atoms with Gasteiger partial charge in [0.15, 0.2) is 0 Å². The van der Waals surface area contributed by atoms with Crippen LogP contribution >= 0.6 is 0 Å². The predicted molar refractivity (Wildman–Crippen MR) is 290 cm³/mol. The first-order valence-electron chi connectivity index (χ1n) is 23.4. The summed E-state index contributed by atoms with van der Waals surface area (Å²) in [4.78, 5) is 2.41. The molecular formula is C66H44N2. The van der Waals surface area contributed by atoms with Crippen LogP contribution in [0.1, 0.15) is 0 Å². The van der Waals surface area contributed by atoms with Gasteiger partial charge in [-0.25, -0.2) is 0 Å². The summed E-state index contributed by atoms with van der Waals surface area (Å²) in [5, 5.41) is 9.93. The van der Waals surface area contributed by atoms with E-state index in [9.17, 15) is 0 Å². The van der Waals surface area contributed by atoms with Crippen LogP contribution in [0.3, 0.4) is 0 Å². The normalized spacial score (nSPS) is 11.5. The highest BCUT2D eigenvalue weighted by Crippen LogP contribution is 2.47. The van der Waals surface area contributed by atoms with Gasteiger partial charge in [-0.15, -0.1) is 0 Å². The maximum Gasteiger partial charge on any atom is 0.0547 e. The van der Waals surface area contributed by atoms with Gasteiger partial charge in [-0.05, 0) is 132 Å². The van der Waals surface area contributed by atoms with Crippen molar-refractivity contribution >= 4 is 71.2 Å². The first-order valence-corrected chi connectivity index (χ1v) is 23.4. The molecule has 0 radical (unpaired) electrons. The van der Waals surface area contributed by atoms with Crippen LogP contribution in [0.2, 0.25) is 0 Å². The van der Waals surface area contributed by atoms with Gasteiger partial charge in [0.05, 0.1) is 16.7 Å². The molecule has 0 N–H and O–H groups in total. The molecule has 1 heterocycles. The third-order valence-corrected chi connectivity index (χ3v) is 13.8. The van der Waals surface area contributed by atoms with E-state index in [4.69, 9.17) is 0 Å². The van der Waals surface area contributed by atoms with E-state index >= 15 is 0 Å². The maximum absolute atomic E-state index is 2.41. The smallest absolute Gasteiger partial charge is 0.0547 e. The number of rotatable bonds is 8. The highest BCUT2D eigenvalue weighted by molar-refractivity contribution is 6.22. The predicted octanol–water partition coefficient (Wildman–Crippen LogP) is 18.4. The fourth-order valence-corrected chi connectivity index (χ4v) is 10.7. The van der Waals surface area contributed by atoms with Crippen molar-refractivity contribution in [3.8, 4) is 50.2 Å². The number of hydrogen-bond donors (Lipinski definition) is 0. The van der Waals surface area contributed by atoms with Gasteiger partial charge in [0, 0.05) is 33.2 Å². The fraction of sp³-hybridized carbons (Fsp3) is 0. The van der Waals surface area contributed by atoms with Crippen molar-refractivity contribution in [2.45, 2.75) is 0 Å². The van der Waals surface area contributed by atoms with Crippen molar-refractivity contribution in [3.63, 3.8) is 0 Å². The van der Waals surface area contributed by atoms with Crippen LogP contribution in [0.4, 0.5) is 17.1 Å². The lowest BCUT2D eigenvalue weighted by atomic mass is 9.84. The molecule has 0 bridgehead atoms. The SMILES string of the molecule is c1ccc(-c2c(-c3ccccc3)c3cc(-c4ccc(N(c5ccc(-c6cccc7c6c6ccccc6n7-c6ccccc6)cc5)c5cccc6ccccc56)cc4)ccc3c3ccccc23)cc1. The van der Waals surface area contributed by atoms with E-state index in [1.54, 1.807) is 0 Å². The van der Waals surface area contributed by atoms with Crippen LogP contribution < -0.4 is 4.90 Å². The molecule has 0 saturated heterocycles. The van der Waals surface area contributed by atoms with Crippen molar-refractivity contribution in [1.82, 2.24) is 4.57 Å². The van der Waals surface area contributed by atoms with E-state index in [1.165, 1.54) is 98.6 Å². The Morgan fingerprint density at radius 1 is 0.279 bits per heavy atom. The molecule has 0 fully saturated rings. The van der Waals surface area contributed by atoms with Crippen LogP contribution in [-0.4, -0.2) is 4.57 Å².